The molecule has 0 aromatic carbocycles. The molecular weight excluding hydrogens is 155 g/mol. The molecule has 10 heavy (non-hydrogen) atoms. The number of carboxylic acid groups (broad SMARTS) is 2. The van der Waals surface area contributed by atoms with E-state index in [-0.39, 0.29) is 59.1 Å². The molecule has 6 heteroatoms. The van der Waals surface area contributed by atoms with Crippen molar-refractivity contribution in [1.29, 1.82) is 0 Å². The number of rotatable bonds is 2. The van der Waals surface area contributed by atoms with E-state index in [1.54, 1.807) is 0 Å². The van der Waals surface area contributed by atoms with Crippen molar-refractivity contribution >= 4 is 11.9 Å². The van der Waals surface area contributed by atoms with Gasteiger partial charge in [0.05, 0.1) is 14.7 Å². The first-order valence-electron chi connectivity index (χ1n) is 2.57. The molecule has 0 aliphatic heterocycles. The van der Waals surface area contributed by atoms with Crippen molar-refractivity contribution < 1.29 is 81.7 Å². The second-order valence-electron chi connectivity index (χ2n) is 0.825. The van der Waals surface area contributed by atoms with Gasteiger partial charge in [0.15, 0.2) is 0 Å². The summed E-state index contributed by atoms with van der Waals surface area (Å²) in [5.41, 5.74) is 0. The molecule has 0 rings (SSSR count). The van der Waals surface area contributed by atoms with Crippen molar-refractivity contribution in [3.8, 4) is 0 Å². The van der Waals surface area contributed by atoms with Crippen molar-refractivity contribution in [3.05, 3.63) is 12.1 Å². The first kappa shape index (κ1) is 10.7. The van der Waals surface area contributed by atoms with Crippen LogP contribution in [-0.2, 0) is 9.59 Å². The summed E-state index contributed by atoms with van der Waals surface area (Å²) in [6.45, 7) is 0. The van der Waals surface area contributed by atoms with Crippen LogP contribution < -0.4 is 69.3 Å². The molecule has 0 radical (unpaired) electrons. The number of carbonyl (C=O) groups excluding carboxylic acids is 2. The van der Waals surface area contributed by atoms with Gasteiger partial charge in [0.25, 0.3) is 0 Å². The van der Waals surface area contributed by atoms with Crippen LogP contribution >= 0.6 is 0 Å². The molecule has 0 bridgehead atoms. The fourth-order valence-electron chi connectivity index (χ4n) is 0.102. The Bertz CT molecular complexity index is 193. The van der Waals surface area contributed by atoms with E-state index in [0.29, 0.717) is 0 Å². The third-order valence-corrected chi connectivity index (χ3v) is 0.267. The van der Waals surface area contributed by atoms with E-state index in [0.717, 1.165) is 0 Å². The van der Waals surface area contributed by atoms with Crippen LogP contribution in [0.4, 0.5) is 0 Å². The van der Waals surface area contributed by atoms with E-state index in [9.17, 15) is 19.8 Å². The zero-order valence-electron chi connectivity index (χ0n) is 7.63. The van der Waals surface area contributed by atoms with Crippen molar-refractivity contribution in [2.45, 2.75) is 0 Å². The van der Waals surface area contributed by atoms with Crippen LogP contribution in [0.2, 0.25) is 0 Å². The van der Waals surface area contributed by atoms with E-state index in [2.05, 4.69) is 0 Å². The molecule has 0 amide bonds. The van der Waals surface area contributed by atoms with Gasteiger partial charge in [0, 0.05) is 0 Å². The summed E-state index contributed by atoms with van der Waals surface area (Å²) in [4.78, 5) is 19.4. The normalized spacial score (nSPS) is 12.4. The van der Waals surface area contributed by atoms with Gasteiger partial charge in [-0.15, -0.1) is 0 Å². The molecule has 0 aliphatic rings. The second-order valence-corrected chi connectivity index (χ2v) is 0.825. The molecule has 0 aliphatic carbocycles. The summed E-state index contributed by atoms with van der Waals surface area (Å²) in [6.07, 6.45) is 0. The van der Waals surface area contributed by atoms with E-state index in [1.165, 1.54) is 0 Å². The van der Waals surface area contributed by atoms with Crippen LogP contribution in [0, 0.1) is 0 Å². The standard InChI is InChI=1S/C4H4O4.2Na/c5-3(6)1-2-4(7)8;;/h1-2H,(H,5,6)(H,7,8);;/q;2*+1/p-2/b2-1+;;/i1D,2D,5-3;;. The molecule has 0 heterocycles. The summed E-state index contributed by atoms with van der Waals surface area (Å²) < 4.78 is 12.7. The first-order chi connectivity index (χ1) is 4.46. The van der Waals surface area contributed by atoms with Gasteiger partial charge in [-0.3, -0.25) is 0 Å². The molecule has 0 atom stereocenters. The van der Waals surface area contributed by atoms with Gasteiger partial charge in [0.2, 0.25) is 0 Å². The van der Waals surface area contributed by atoms with Crippen LogP contribution in [0.1, 0.15) is 2.74 Å². The van der Waals surface area contributed by atoms with Gasteiger partial charge in [-0.25, -0.2) is 0 Å². The molecule has 0 spiro atoms. The van der Waals surface area contributed by atoms with Crippen molar-refractivity contribution in [2.24, 2.45) is 0 Å². The van der Waals surface area contributed by atoms with Crippen LogP contribution in [0.3, 0.4) is 0 Å². The molecular formula is C4H2Na2O4. The molecule has 0 aromatic rings. The predicted molar refractivity (Wildman–Crippen MR) is 19.2 cm³/mol. The van der Waals surface area contributed by atoms with E-state index in [1.807, 2.05) is 0 Å². The van der Waals surface area contributed by atoms with Gasteiger partial charge in [-0.1, -0.05) is 0 Å². The SMILES string of the molecule is [2H]/C(C(=O)[O-])=C(/[2H])C([O-])=[13O].[Na+].[Na+]. The maximum atomic E-state index is 9.68. The molecule has 4 nitrogen and oxygen atoms in total. The number of aliphatic carboxylic acids is 2. The van der Waals surface area contributed by atoms with Crippen molar-refractivity contribution in [2.75, 3.05) is 0 Å². The zero-order chi connectivity index (χ0) is 8.31. The molecule has 44 valence electrons. The van der Waals surface area contributed by atoms with Crippen LogP contribution in [0.25, 0.3) is 0 Å². The Morgan fingerprint density at radius 2 is 1.80 bits per heavy atom. The average Bonchev–Trinajstić information content (AvgIpc) is 1.84. The minimum atomic E-state index is -2.01. The fraction of sp³-hybridized carbons (Fsp3) is 0. The second kappa shape index (κ2) is 9.68. The number of hydrogen-bond donors (Lipinski definition) is 0. The molecule has 0 aromatic heterocycles. The third kappa shape index (κ3) is 15.9. The van der Waals surface area contributed by atoms with Gasteiger partial charge in [0.1, 0.15) is 0 Å². The van der Waals surface area contributed by atoms with E-state index >= 15 is 0 Å². The minimum Gasteiger partial charge on any atom is -0.545 e. The van der Waals surface area contributed by atoms with Gasteiger partial charge < -0.3 is 19.8 Å². The van der Waals surface area contributed by atoms with Crippen LogP contribution in [-0.4, -0.2) is 11.9 Å². The minimum absolute atomic E-state index is 0. The smallest absolute Gasteiger partial charge is 0.545 e. The molecule has 0 unspecified atom stereocenters. The van der Waals surface area contributed by atoms with Crippen molar-refractivity contribution in [1.82, 2.24) is 0 Å². The monoisotopic (exact) mass is 159 g/mol. The van der Waals surface area contributed by atoms with Gasteiger partial charge in [-0.05, 0) is 12.1 Å². The molecule has 0 fully saturated rings. The fourth-order valence-corrected chi connectivity index (χ4v) is 0.102. The average molecular weight is 159 g/mol. The van der Waals surface area contributed by atoms with Gasteiger partial charge in [-0.2, -0.15) is 0 Å². The summed E-state index contributed by atoms with van der Waals surface area (Å²) in [5, 5.41) is 19.4. The number of carbonyl (C=O) groups is 2. The Balaban J connectivity index is -0.000000405. The Kier molecular flexibility index (Phi) is 10.3. The predicted octanol–water partition coefficient (Wildman–Crippen LogP) is -8.95. The molecule has 0 saturated carbocycles. The maximum Gasteiger partial charge on any atom is 1.00 e. The van der Waals surface area contributed by atoms with E-state index in [4.69, 9.17) is 2.74 Å². The Hall–Kier alpha value is 0.680. The van der Waals surface area contributed by atoms with Gasteiger partial charge >= 0.3 is 59.1 Å². The van der Waals surface area contributed by atoms with Crippen LogP contribution in [0.15, 0.2) is 12.1 Å². The summed E-state index contributed by atoms with van der Waals surface area (Å²) in [7, 11) is 0. The molecule has 0 saturated heterocycles. The van der Waals surface area contributed by atoms with E-state index < -0.39 is 24.0 Å². The zero-order valence-corrected chi connectivity index (χ0v) is 9.63. The Morgan fingerprint density at radius 1 is 1.40 bits per heavy atom. The molecule has 0 N–H and O–H groups in total. The quantitative estimate of drug-likeness (QED) is 0.296. The number of hydrogen-bond acceptors (Lipinski definition) is 4. The summed E-state index contributed by atoms with van der Waals surface area (Å²) in [6, 6.07) is -2.78. The maximum absolute atomic E-state index is 9.68. The topological polar surface area (TPSA) is 80.3 Å². The van der Waals surface area contributed by atoms with Crippen LogP contribution in [0.5, 0.6) is 0 Å². The van der Waals surface area contributed by atoms with Crippen molar-refractivity contribution in [3.63, 3.8) is 0 Å². The Morgan fingerprint density at radius 3 is 1.90 bits per heavy atom. The Labute approximate surface area is 105 Å². The number of carboxylic acids is 2. The third-order valence-electron chi connectivity index (χ3n) is 0.267. The summed E-state index contributed by atoms with van der Waals surface area (Å²) in [5.74, 6) is -4.01. The largest absolute Gasteiger partial charge is 1.00 e. The first-order valence-corrected chi connectivity index (χ1v) is 1.57. The summed E-state index contributed by atoms with van der Waals surface area (Å²) >= 11 is 0.